The number of rotatable bonds is 2. The van der Waals surface area contributed by atoms with Crippen LogP contribution >= 0.6 is 0 Å². The van der Waals surface area contributed by atoms with E-state index in [0.29, 0.717) is 16.7 Å². The molecule has 0 aliphatic carbocycles. The molecule has 0 radical (unpaired) electrons. The maximum Gasteiger partial charge on any atom is 0.335 e. The van der Waals surface area contributed by atoms with E-state index in [1.165, 1.54) is 18.2 Å². The van der Waals surface area contributed by atoms with Gasteiger partial charge in [-0.3, -0.25) is 9.36 Å². The van der Waals surface area contributed by atoms with Crippen LogP contribution in [0.4, 0.5) is 0 Å². The first-order valence-electron chi connectivity index (χ1n) is 6.82. The lowest BCUT2D eigenvalue weighted by molar-refractivity contribution is 0.0697. The molecule has 5 heteroatoms. The molecule has 0 amide bonds. The fraction of sp³-hybridized carbons (Fsp3) is 0.118. The number of aromatic carboxylic acids is 1. The maximum absolute atomic E-state index is 12.8. The Labute approximate surface area is 126 Å². The first-order valence-corrected chi connectivity index (χ1v) is 6.82. The van der Waals surface area contributed by atoms with Crippen LogP contribution in [-0.2, 0) is 0 Å². The minimum atomic E-state index is -1.04. The van der Waals surface area contributed by atoms with Gasteiger partial charge in [-0.1, -0.05) is 18.2 Å². The van der Waals surface area contributed by atoms with E-state index in [1.54, 1.807) is 11.5 Å². The molecular weight excluding hydrogens is 280 g/mol. The molecule has 1 aromatic heterocycles. The average molecular weight is 294 g/mol. The highest BCUT2D eigenvalue weighted by molar-refractivity contribution is 5.92. The van der Waals surface area contributed by atoms with Gasteiger partial charge < -0.3 is 5.11 Å². The Kier molecular flexibility index (Phi) is 3.25. The van der Waals surface area contributed by atoms with E-state index in [4.69, 9.17) is 5.11 Å². The molecule has 3 aromatic rings. The molecule has 0 saturated heterocycles. The fourth-order valence-corrected chi connectivity index (χ4v) is 2.53. The number of hydrogen-bond donors (Lipinski definition) is 1. The lowest BCUT2D eigenvalue weighted by Crippen LogP contribution is -2.23. The van der Waals surface area contributed by atoms with Crippen LogP contribution in [0.3, 0.4) is 0 Å². The van der Waals surface area contributed by atoms with Crippen molar-refractivity contribution in [1.82, 2.24) is 9.55 Å². The molecule has 110 valence electrons. The van der Waals surface area contributed by atoms with Crippen LogP contribution in [0.15, 0.2) is 47.3 Å². The van der Waals surface area contributed by atoms with E-state index in [0.717, 1.165) is 11.3 Å². The van der Waals surface area contributed by atoms with E-state index < -0.39 is 5.97 Å². The molecule has 1 heterocycles. The number of carboxylic acids is 1. The van der Waals surface area contributed by atoms with Gasteiger partial charge >= 0.3 is 5.97 Å². The number of carboxylic acid groups (broad SMARTS) is 1. The summed E-state index contributed by atoms with van der Waals surface area (Å²) in [6.45, 7) is 3.67. The zero-order valence-corrected chi connectivity index (χ0v) is 12.2. The summed E-state index contributed by atoms with van der Waals surface area (Å²) in [7, 11) is 0. The predicted octanol–water partition coefficient (Wildman–Crippen LogP) is 2.70. The topological polar surface area (TPSA) is 72.2 Å². The zero-order valence-electron chi connectivity index (χ0n) is 12.2. The van der Waals surface area contributed by atoms with E-state index in [1.807, 2.05) is 31.2 Å². The minimum Gasteiger partial charge on any atom is -0.478 e. The van der Waals surface area contributed by atoms with Gasteiger partial charge in [0.15, 0.2) is 0 Å². The molecule has 1 N–H and O–H groups in total. The third kappa shape index (κ3) is 2.16. The maximum atomic E-state index is 12.8. The van der Waals surface area contributed by atoms with Gasteiger partial charge in [0, 0.05) is 0 Å². The van der Waals surface area contributed by atoms with Crippen molar-refractivity contribution >= 4 is 16.9 Å². The Morgan fingerprint density at radius 2 is 1.86 bits per heavy atom. The Morgan fingerprint density at radius 1 is 1.14 bits per heavy atom. The monoisotopic (exact) mass is 294 g/mol. The molecule has 0 spiro atoms. The Bertz CT molecular complexity index is 958. The van der Waals surface area contributed by atoms with Gasteiger partial charge in [-0.25, -0.2) is 9.78 Å². The molecule has 3 rings (SSSR count). The number of benzene rings is 2. The number of aryl methyl sites for hydroxylation is 2. The second-order valence-corrected chi connectivity index (χ2v) is 5.12. The summed E-state index contributed by atoms with van der Waals surface area (Å²) in [5.41, 5.74) is 2.06. The predicted molar refractivity (Wildman–Crippen MR) is 83.8 cm³/mol. The van der Waals surface area contributed by atoms with Crippen LogP contribution in [-0.4, -0.2) is 20.6 Å². The Balaban J connectivity index is 2.35. The molecule has 2 aromatic carbocycles. The molecular formula is C17H14N2O3. The molecule has 0 saturated carbocycles. The highest BCUT2D eigenvalue weighted by Gasteiger charge is 2.13. The van der Waals surface area contributed by atoms with Crippen molar-refractivity contribution in [3.05, 3.63) is 69.8 Å². The number of hydrogen-bond acceptors (Lipinski definition) is 3. The molecule has 0 fully saturated rings. The quantitative estimate of drug-likeness (QED) is 0.788. The van der Waals surface area contributed by atoms with Gasteiger partial charge in [-0.05, 0) is 43.7 Å². The smallest absolute Gasteiger partial charge is 0.335 e. The van der Waals surface area contributed by atoms with Crippen molar-refractivity contribution in [2.75, 3.05) is 0 Å². The third-order valence-corrected chi connectivity index (χ3v) is 3.64. The van der Waals surface area contributed by atoms with Crippen molar-refractivity contribution in [2.24, 2.45) is 0 Å². The number of carbonyl (C=O) groups is 1. The largest absolute Gasteiger partial charge is 0.478 e. The normalized spacial score (nSPS) is 10.8. The SMILES string of the molecule is Cc1ccccc1-n1c(C)nc2cc(C(=O)O)ccc2c1=O. The van der Waals surface area contributed by atoms with Crippen molar-refractivity contribution in [3.63, 3.8) is 0 Å². The first-order chi connectivity index (χ1) is 10.5. The van der Waals surface area contributed by atoms with Crippen LogP contribution in [0.1, 0.15) is 21.7 Å². The highest BCUT2D eigenvalue weighted by atomic mass is 16.4. The van der Waals surface area contributed by atoms with Crippen LogP contribution in [0, 0.1) is 13.8 Å². The van der Waals surface area contributed by atoms with E-state index in [-0.39, 0.29) is 11.1 Å². The van der Waals surface area contributed by atoms with Gasteiger partial charge in [0.2, 0.25) is 0 Å². The molecule has 22 heavy (non-hydrogen) atoms. The number of aromatic nitrogens is 2. The highest BCUT2D eigenvalue weighted by Crippen LogP contribution is 2.16. The minimum absolute atomic E-state index is 0.118. The van der Waals surface area contributed by atoms with Crippen molar-refractivity contribution in [1.29, 1.82) is 0 Å². The van der Waals surface area contributed by atoms with E-state index >= 15 is 0 Å². The molecule has 5 nitrogen and oxygen atoms in total. The number of para-hydroxylation sites is 1. The summed E-state index contributed by atoms with van der Waals surface area (Å²) >= 11 is 0. The lowest BCUT2D eigenvalue weighted by Gasteiger charge is -2.13. The molecule has 0 aliphatic rings. The van der Waals surface area contributed by atoms with Crippen molar-refractivity contribution in [2.45, 2.75) is 13.8 Å². The zero-order chi connectivity index (χ0) is 15.9. The van der Waals surface area contributed by atoms with E-state index in [9.17, 15) is 9.59 Å². The van der Waals surface area contributed by atoms with Crippen molar-refractivity contribution < 1.29 is 9.90 Å². The molecule has 0 atom stereocenters. The Hall–Kier alpha value is -2.95. The summed E-state index contributed by atoms with van der Waals surface area (Å²) in [5.74, 6) is -0.515. The molecule has 0 aliphatic heterocycles. The summed E-state index contributed by atoms with van der Waals surface area (Å²) in [6.07, 6.45) is 0. The summed E-state index contributed by atoms with van der Waals surface area (Å²) in [6, 6.07) is 11.9. The second kappa shape index (κ2) is 5.11. The number of nitrogens with zero attached hydrogens (tertiary/aromatic N) is 2. The van der Waals surface area contributed by atoms with Crippen LogP contribution in [0.2, 0.25) is 0 Å². The van der Waals surface area contributed by atoms with E-state index in [2.05, 4.69) is 4.98 Å². The fourth-order valence-electron chi connectivity index (χ4n) is 2.53. The third-order valence-electron chi connectivity index (χ3n) is 3.64. The van der Waals surface area contributed by atoms with Gasteiger partial charge in [-0.2, -0.15) is 0 Å². The van der Waals surface area contributed by atoms with Crippen LogP contribution in [0.5, 0.6) is 0 Å². The van der Waals surface area contributed by atoms with Gasteiger partial charge in [0.25, 0.3) is 5.56 Å². The van der Waals surface area contributed by atoms with Gasteiger partial charge in [-0.15, -0.1) is 0 Å². The molecule has 0 bridgehead atoms. The van der Waals surface area contributed by atoms with Crippen LogP contribution < -0.4 is 5.56 Å². The van der Waals surface area contributed by atoms with Crippen molar-refractivity contribution in [3.8, 4) is 5.69 Å². The summed E-state index contributed by atoms with van der Waals surface area (Å²) in [5, 5.41) is 9.44. The second-order valence-electron chi connectivity index (χ2n) is 5.12. The summed E-state index contributed by atoms with van der Waals surface area (Å²) in [4.78, 5) is 28.2. The number of fused-ring (bicyclic) bond motifs is 1. The Morgan fingerprint density at radius 3 is 2.55 bits per heavy atom. The average Bonchev–Trinajstić information content (AvgIpc) is 2.48. The van der Waals surface area contributed by atoms with Crippen LogP contribution in [0.25, 0.3) is 16.6 Å². The molecule has 0 unspecified atom stereocenters. The summed E-state index contributed by atoms with van der Waals surface area (Å²) < 4.78 is 1.55. The standard InChI is InChI=1S/C17H14N2O3/c1-10-5-3-4-6-15(10)19-11(2)18-14-9-12(17(21)22)7-8-13(14)16(19)20/h3-9H,1-2H3,(H,21,22). The van der Waals surface area contributed by atoms with Gasteiger partial charge in [0.05, 0.1) is 22.2 Å². The van der Waals surface area contributed by atoms with Gasteiger partial charge in [0.1, 0.15) is 5.82 Å². The lowest BCUT2D eigenvalue weighted by atomic mass is 10.1. The first kappa shape index (κ1) is 14.0.